The van der Waals surface area contributed by atoms with Crippen LogP contribution in [0, 0.1) is 6.92 Å². The minimum atomic E-state index is 0.00110. The highest BCUT2D eigenvalue weighted by atomic mass is 35.5. The Morgan fingerprint density at radius 3 is 2.81 bits per heavy atom. The van der Waals surface area contributed by atoms with E-state index in [9.17, 15) is 4.79 Å². The van der Waals surface area contributed by atoms with E-state index in [1.54, 1.807) is 11.8 Å². The van der Waals surface area contributed by atoms with Gasteiger partial charge >= 0.3 is 0 Å². The summed E-state index contributed by atoms with van der Waals surface area (Å²) in [4.78, 5) is 12.5. The summed E-state index contributed by atoms with van der Waals surface area (Å²) in [6, 6.07) is 15.7. The number of carbonyl (C=O) groups is 1. The number of nitrogens with zero attached hydrogens (tertiary/aromatic N) is 3. The van der Waals surface area contributed by atoms with Crippen LogP contribution in [-0.4, -0.2) is 26.7 Å². The maximum absolute atomic E-state index is 12.5. The Bertz CT molecular complexity index is 984. The molecule has 1 heterocycles. The molecule has 1 aliphatic carbocycles. The SMILES string of the molecule is Cc1nnc(SCc2ccccc2C(=O)NC2CC2)n1-c1cccc(Cl)c1. The van der Waals surface area contributed by atoms with Gasteiger partial charge in [-0.3, -0.25) is 9.36 Å². The van der Waals surface area contributed by atoms with E-state index in [0.717, 1.165) is 40.6 Å². The van der Waals surface area contributed by atoms with Crippen LogP contribution in [0.3, 0.4) is 0 Å². The zero-order valence-corrected chi connectivity index (χ0v) is 16.4. The summed E-state index contributed by atoms with van der Waals surface area (Å²) in [5.41, 5.74) is 2.63. The lowest BCUT2D eigenvalue weighted by molar-refractivity contribution is 0.0950. The Hall–Kier alpha value is -2.31. The number of thioether (sulfide) groups is 1. The third kappa shape index (κ3) is 4.17. The number of nitrogens with one attached hydrogen (secondary N) is 1. The van der Waals surface area contributed by atoms with Gasteiger partial charge in [0.05, 0.1) is 5.69 Å². The Labute approximate surface area is 167 Å². The highest BCUT2D eigenvalue weighted by Crippen LogP contribution is 2.28. The Balaban J connectivity index is 1.56. The lowest BCUT2D eigenvalue weighted by Gasteiger charge is -2.11. The number of benzene rings is 2. The number of aromatic nitrogens is 3. The number of aryl methyl sites for hydroxylation is 1. The van der Waals surface area contributed by atoms with Crippen LogP contribution in [0.15, 0.2) is 53.7 Å². The largest absolute Gasteiger partial charge is 0.349 e. The number of carbonyl (C=O) groups excluding carboxylic acids is 1. The highest BCUT2D eigenvalue weighted by Gasteiger charge is 2.24. The summed E-state index contributed by atoms with van der Waals surface area (Å²) >= 11 is 7.69. The van der Waals surface area contributed by atoms with Crippen molar-refractivity contribution in [2.75, 3.05) is 0 Å². The van der Waals surface area contributed by atoms with Crippen LogP contribution in [0.25, 0.3) is 5.69 Å². The predicted octanol–water partition coefficient (Wildman–Crippen LogP) is 4.41. The molecule has 27 heavy (non-hydrogen) atoms. The van der Waals surface area contributed by atoms with Gasteiger partial charge in [-0.25, -0.2) is 0 Å². The molecule has 1 saturated carbocycles. The first-order valence-electron chi connectivity index (χ1n) is 8.81. The molecular weight excluding hydrogens is 380 g/mol. The van der Waals surface area contributed by atoms with Crippen molar-refractivity contribution < 1.29 is 4.79 Å². The number of hydrogen-bond donors (Lipinski definition) is 1. The Morgan fingerprint density at radius 1 is 1.22 bits per heavy atom. The van der Waals surface area contributed by atoms with Crippen molar-refractivity contribution in [2.24, 2.45) is 0 Å². The molecule has 1 N–H and O–H groups in total. The molecule has 5 nitrogen and oxygen atoms in total. The molecule has 0 saturated heterocycles. The molecule has 4 rings (SSSR count). The molecule has 0 aliphatic heterocycles. The Kier molecular flexibility index (Phi) is 5.18. The second kappa shape index (κ2) is 7.74. The number of amides is 1. The topological polar surface area (TPSA) is 59.8 Å². The first kappa shape index (κ1) is 18.1. The molecule has 138 valence electrons. The van der Waals surface area contributed by atoms with E-state index < -0.39 is 0 Å². The van der Waals surface area contributed by atoms with Crippen LogP contribution in [-0.2, 0) is 5.75 Å². The molecule has 0 spiro atoms. The van der Waals surface area contributed by atoms with Gasteiger partial charge < -0.3 is 5.32 Å². The van der Waals surface area contributed by atoms with Crippen molar-refractivity contribution in [1.82, 2.24) is 20.1 Å². The van der Waals surface area contributed by atoms with Gasteiger partial charge in [-0.1, -0.05) is 47.6 Å². The van der Waals surface area contributed by atoms with Crippen molar-refractivity contribution in [3.63, 3.8) is 0 Å². The van der Waals surface area contributed by atoms with Gasteiger partial charge in [0.2, 0.25) is 0 Å². The zero-order valence-electron chi connectivity index (χ0n) is 14.9. The monoisotopic (exact) mass is 398 g/mol. The molecule has 3 aromatic rings. The fourth-order valence-electron chi connectivity index (χ4n) is 2.85. The molecule has 1 aliphatic rings. The van der Waals surface area contributed by atoms with Crippen LogP contribution >= 0.6 is 23.4 Å². The van der Waals surface area contributed by atoms with Gasteiger partial charge in [0.1, 0.15) is 5.82 Å². The third-order valence-corrected chi connectivity index (χ3v) is 5.61. The Morgan fingerprint density at radius 2 is 2.04 bits per heavy atom. The smallest absolute Gasteiger partial charge is 0.251 e. The lowest BCUT2D eigenvalue weighted by atomic mass is 10.1. The maximum atomic E-state index is 12.5. The van der Waals surface area contributed by atoms with Gasteiger partial charge in [0.15, 0.2) is 5.16 Å². The molecule has 0 bridgehead atoms. The first-order chi connectivity index (χ1) is 13.1. The maximum Gasteiger partial charge on any atom is 0.251 e. The van der Waals surface area contributed by atoms with E-state index in [-0.39, 0.29) is 5.91 Å². The minimum Gasteiger partial charge on any atom is -0.349 e. The summed E-state index contributed by atoms with van der Waals surface area (Å²) in [6.07, 6.45) is 2.15. The highest BCUT2D eigenvalue weighted by molar-refractivity contribution is 7.98. The van der Waals surface area contributed by atoms with Crippen molar-refractivity contribution in [3.05, 3.63) is 70.5 Å². The van der Waals surface area contributed by atoms with Gasteiger partial charge in [-0.15, -0.1) is 10.2 Å². The van der Waals surface area contributed by atoms with Gasteiger partial charge in [0, 0.05) is 22.4 Å². The fourth-order valence-corrected chi connectivity index (χ4v) is 4.04. The lowest BCUT2D eigenvalue weighted by Crippen LogP contribution is -2.26. The van der Waals surface area contributed by atoms with E-state index in [1.807, 2.05) is 60.0 Å². The van der Waals surface area contributed by atoms with E-state index in [4.69, 9.17) is 11.6 Å². The van der Waals surface area contributed by atoms with Crippen LogP contribution in [0.2, 0.25) is 5.02 Å². The van der Waals surface area contributed by atoms with Crippen molar-refractivity contribution in [1.29, 1.82) is 0 Å². The quantitative estimate of drug-likeness (QED) is 0.624. The summed E-state index contributed by atoms with van der Waals surface area (Å²) in [5, 5.41) is 13.0. The molecule has 0 unspecified atom stereocenters. The molecule has 2 aromatic carbocycles. The number of hydrogen-bond acceptors (Lipinski definition) is 4. The average Bonchev–Trinajstić information content (AvgIpc) is 3.40. The molecule has 1 aromatic heterocycles. The molecule has 1 amide bonds. The average molecular weight is 399 g/mol. The van der Waals surface area contributed by atoms with Crippen molar-refractivity contribution >= 4 is 29.3 Å². The standard InChI is InChI=1S/C20H19ClN4OS/c1-13-23-24-20(25(13)17-7-4-6-15(21)11-17)27-12-14-5-2-3-8-18(14)19(26)22-16-9-10-16/h2-8,11,16H,9-10,12H2,1H3,(H,22,26). The van der Waals surface area contributed by atoms with E-state index in [0.29, 0.717) is 16.8 Å². The first-order valence-corrected chi connectivity index (χ1v) is 10.2. The van der Waals surface area contributed by atoms with E-state index >= 15 is 0 Å². The van der Waals surface area contributed by atoms with Crippen molar-refractivity contribution in [2.45, 2.75) is 36.7 Å². The predicted molar refractivity (Wildman–Crippen MR) is 108 cm³/mol. The van der Waals surface area contributed by atoms with Crippen molar-refractivity contribution in [3.8, 4) is 5.69 Å². The summed E-state index contributed by atoms with van der Waals surface area (Å²) < 4.78 is 1.98. The number of rotatable bonds is 6. The van der Waals surface area contributed by atoms with E-state index in [1.165, 1.54) is 0 Å². The van der Waals surface area contributed by atoms with Crippen LogP contribution in [0.4, 0.5) is 0 Å². The van der Waals surface area contributed by atoms with Gasteiger partial charge in [-0.05, 0) is 49.6 Å². The molecular formula is C20H19ClN4OS. The van der Waals surface area contributed by atoms with Crippen LogP contribution in [0.1, 0.15) is 34.6 Å². The third-order valence-electron chi connectivity index (χ3n) is 4.39. The molecule has 0 radical (unpaired) electrons. The number of halogens is 1. The van der Waals surface area contributed by atoms with Gasteiger partial charge in [-0.2, -0.15) is 0 Å². The van der Waals surface area contributed by atoms with Crippen LogP contribution in [0.5, 0.6) is 0 Å². The second-order valence-electron chi connectivity index (χ2n) is 6.54. The molecule has 1 fully saturated rings. The minimum absolute atomic E-state index is 0.00110. The molecule has 7 heteroatoms. The summed E-state index contributed by atoms with van der Waals surface area (Å²) in [7, 11) is 0. The molecule has 0 atom stereocenters. The normalized spacial score (nSPS) is 13.6. The van der Waals surface area contributed by atoms with Gasteiger partial charge in [0.25, 0.3) is 5.91 Å². The second-order valence-corrected chi connectivity index (χ2v) is 7.92. The van der Waals surface area contributed by atoms with E-state index in [2.05, 4.69) is 15.5 Å². The fraction of sp³-hybridized carbons (Fsp3) is 0.250. The van der Waals surface area contributed by atoms with Crippen LogP contribution < -0.4 is 5.32 Å². The zero-order chi connectivity index (χ0) is 18.8. The summed E-state index contributed by atoms with van der Waals surface area (Å²) in [6.45, 7) is 1.91. The summed E-state index contributed by atoms with van der Waals surface area (Å²) in [5.74, 6) is 1.42.